The molecule has 1 unspecified atom stereocenters. The van der Waals surface area contributed by atoms with Gasteiger partial charge in [-0.15, -0.1) is 0 Å². The standard InChI is InChI=1S/C26H33BrN2O3/c1-4-23(26(31)28-21-12-8-9-13-21)29(16-20-10-6-5-7-11-20)24(30)17-32-22-14-18(2)25(27)19(3)15-22/h5-7,10-11,14-15,21,23H,4,8-9,12-13,16-17H2,1-3H3,(H,28,31). The van der Waals surface area contributed by atoms with E-state index in [2.05, 4.69) is 21.2 Å². The molecule has 0 bridgehead atoms. The summed E-state index contributed by atoms with van der Waals surface area (Å²) in [6, 6.07) is 13.3. The van der Waals surface area contributed by atoms with Crippen LogP contribution in [-0.4, -0.2) is 35.4 Å². The maximum atomic E-state index is 13.3. The Hall–Kier alpha value is -2.34. The van der Waals surface area contributed by atoms with E-state index in [0.29, 0.717) is 18.7 Å². The molecule has 0 saturated heterocycles. The van der Waals surface area contributed by atoms with Crippen molar-refractivity contribution in [1.82, 2.24) is 10.2 Å². The van der Waals surface area contributed by atoms with Gasteiger partial charge in [0.2, 0.25) is 5.91 Å². The fraction of sp³-hybridized carbons (Fsp3) is 0.462. The summed E-state index contributed by atoms with van der Waals surface area (Å²) in [6.07, 6.45) is 4.87. The van der Waals surface area contributed by atoms with Crippen LogP contribution in [0.4, 0.5) is 0 Å². The predicted octanol–water partition coefficient (Wildman–Crippen LogP) is 5.31. The third-order valence-corrected chi connectivity index (χ3v) is 7.31. The molecule has 0 aromatic heterocycles. The first kappa shape index (κ1) is 24.3. The highest BCUT2D eigenvalue weighted by Crippen LogP contribution is 2.26. The van der Waals surface area contributed by atoms with E-state index in [9.17, 15) is 9.59 Å². The number of nitrogens with one attached hydrogen (secondary N) is 1. The van der Waals surface area contributed by atoms with Gasteiger partial charge < -0.3 is 15.0 Å². The molecule has 1 fully saturated rings. The van der Waals surface area contributed by atoms with Crippen LogP contribution in [0.15, 0.2) is 46.9 Å². The fourth-order valence-corrected chi connectivity index (χ4v) is 4.51. The van der Waals surface area contributed by atoms with Gasteiger partial charge in [0.25, 0.3) is 5.91 Å². The molecule has 1 aliphatic carbocycles. The lowest BCUT2D eigenvalue weighted by Crippen LogP contribution is -2.52. The highest BCUT2D eigenvalue weighted by atomic mass is 79.9. The van der Waals surface area contributed by atoms with E-state index >= 15 is 0 Å². The van der Waals surface area contributed by atoms with Gasteiger partial charge in [-0.3, -0.25) is 9.59 Å². The second-order valence-corrected chi connectivity index (χ2v) is 9.37. The van der Waals surface area contributed by atoms with Crippen LogP contribution in [0, 0.1) is 13.8 Å². The van der Waals surface area contributed by atoms with Crippen molar-refractivity contribution >= 4 is 27.7 Å². The Bertz CT molecular complexity index is 903. The smallest absolute Gasteiger partial charge is 0.261 e. The number of benzene rings is 2. The normalized spacial score (nSPS) is 14.8. The van der Waals surface area contributed by atoms with Crippen molar-refractivity contribution in [2.24, 2.45) is 0 Å². The molecule has 2 aromatic rings. The van der Waals surface area contributed by atoms with Crippen molar-refractivity contribution in [2.45, 2.75) is 71.5 Å². The minimum atomic E-state index is -0.528. The lowest BCUT2D eigenvalue weighted by molar-refractivity contribution is -0.143. The summed E-state index contributed by atoms with van der Waals surface area (Å²) in [4.78, 5) is 28.1. The Kier molecular flexibility index (Phi) is 8.74. The summed E-state index contributed by atoms with van der Waals surface area (Å²) < 4.78 is 6.91. The molecule has 3 rings (SSSR count). The van der Waals surface area contributed by atoms with Crippen LogP contribution in [0.5, 0.6) is 5.75 Å². The van der Waals surface area contributed by atoms with E-state index in [0.717, 1.165) is 46.8 Å². The van der Waals surface area contributed by atoms with Gasteiger partial charge in [0.1, 0.15) is 11.8 Å². The van der Waals surface area contributed by atoms with E-state index < -0.39 is 6.04 Å². The van der Waals surface area contributed by atoms with Gasteiger partial charge in [0.15, 0.2) is 6.61 Å². The van der Waals surface area contributed by atoms with Gasteiger partial charge in [-0.2, -0.15) is 0 Å². The molecule has 1 aliphatic rings. The van der Waals surface area contributed by atoms with Crippen LogP contribution >= 0.6 is 15.9 Å². The maximum Gasteiger partial charge on any atom is 0.261 e. The molecule has 2 amide bonds. The summed E-state index contributed by atoms with van der Waals surface area (Å²) in [5.74, 6) is 0.388. The highest BCUT2D eigenvalue weighted by molar-refractivity contribution is 9.10. The van der Waals surface area contributed by atoms with Crippen molar-refractivity contribution in [2.75, 3.05) is 6.61 Å². The molecule has 2 aromatic carbocycles. The van der Waals surface area contributed by atoms with Crippen molar-refractivity contribution in [3.05, 3.63) is 63.6 Å². The summed E-state index contributed by atoms with van der Waals surface area (Å²) in [5.41, 5.74) is 3.09. The van der Waals surface area contributed by atoms with Crippen LogP contribution in [0.2, 0.25) is 0 Å². The van der Waals surface area contributed by atoms with E-state index in [1.807, 2.05) is 63.2 Å². The summed E-state index contributed by atoms with van der Waals surface area (Å²) >= 11 is 3.56. The number of aryl methyl sites for hydroxylation is 2. The van der Waals surface area contributed by atoms with Crippen molar-refractivity contribution < 1.29 is 14.3 Å². The second-order valence-electron chi connectivity index (χ2n) is 8.58. The number of halogens is 1. The first-order valence-corrected chi connectivity index (χ1v) is 12.2. The van der Waals surface area contributed by atoms with Crippen LogP contribution in [0.25, 0.3) is 0 Å². The van der Waals surface area contributed by atoms with Crippen molar-refractivity contribution in [3.8, 4) is 5.75 Å². The summed E-state index contributed by atoms with van der Waals surface area (Å²) in [7, 11) is 0. The van der Waals surface area contributed by atoms with E-state index in [4.69, 9.17) is 4.74 Å². The molecule has 32 heavy (non-hydrogen) atoms. The number of amides is 2. The first-order valence-electron chi connectivity index (χ1n) is 11.4. The average molecular weight is 501 g/mol. The number of carbonyl (C=O) groups excluding carboxylic acids is 2. The van der Waals surface area contributed by atoms with Crippen molar-refractivity contribution in [1.29, 1.82) is 0 Å². The molecule has 1 N–H and O–H groups in total. The van der Waals surface area contributed by atoms with E-state index in [-0.39, 0.29) is 24.5 Å². The SMILES string of the molecule is CCC(C(=O)NC1CCCC1)N(Cc1ccccc1)C(=O)COc1cc(C)c(Br)c(C)c1. The molecule has 0 spiro atoms. The zero-order chi connectivity index (χ0) is 23.1. The molecule has 0 aliphatic heterocycles. The second kappa shape index (κ2) is 11.5. The molecule has 0 radical (unpaired) electrons. The quantitative estimate of drug-likeness (QED) is 0.507. The number of carbonyl (C=O) groups is 2. The fourth-order valence-electron chi connectivity index (χ4n) is 4.28. The molecule has 1 atom stereocenters. The number of rotatable bonds is 9. The van der Waals surface area contributed by atoms with Gasteiger partial charge >= 0.3 is 0 Å². The van der Waals surface area contributed by atoms with Gasteiger partial charge in [0, 0.05) is 17.1 Å². The third-order valence-electron chi connectivity index (χ3n) is 6.06. The minimum Gasteiger partial charge on any atom is -0.484 e. The Morgan fingerprint density at radius 3 is 2.34 bits per heavy atom. The van der Waals surface area contributed by atoms with E-state index in [1.165, 1.54) is 0 Å². The zero-order valence-electron chi connectivity index (χ0n) is 19.2. The van der Waals surface area contributed by atoms with E-state index in [1.54, 1.807) is 4.90 Å². The van der Waals surface area contributed by atoms with Gasteiger partial charge in [0.05, 0.1) is 0 Å². The van der Waals surface area contributed by atoms with Gasteiger partial charge in [-0.25, -0.2) is 0 Å². The zero-order valence-corrected chi connectivity index (χ0v) is 20.8. The average Bonchev–Trinajstić information content (AvgIpc) is 3.29. The monoisotopic (exact) mass is 500 g/mol. The van der Waals surface area contributed by atoms with Crippen LogP contribution in [0.1, 0.15) is 55.7 Å². The lowest BCUT2D eigenvalue weighted by atomic mass is 10.1. The lowest BCUT2D eigenvalue weighted by Gasteiger charge is -2.31. The Morgan fingerprint density at radius 2 is 1.75 bits per heavy atom. The molecule has 0 heterocycles. The Morgan fingerprint density at radius 1 is 1.12 bits per heavy atom. The Labute approximate surface area is 199 Å². The van der Waals surface area contributed by atoms with Crippen LogP contribution in [0.3, 0.4) is 0 Å². The van der Waals surface area contributed by atoms with Gasteiger partial charge in [-0.1, -0.05) is 66.0 Å². The van der Waals surface area contributed by atoms with Crippen molar-refractivity contribution in [3.63, 3.8) is 0 Å². The summed E-state index contributed by atoms with van der Waals surface area (Å²) in [5, 5.41) is 3.17. The molecular weight excluding hydrogens is 468 g/mol. The summed E-state index contributed by atoms with van der Waals surface area (Å²) in [6.45, 7) is 6.20. The molecule has 1 saturated carbocycles. The molecule has 6 heteroatoms. The third kappa shape index (κ3) is 6.35. The van der Waals surface area contributed by atoms with Crippen LogP contribution in [-0.2, 0) is 16.1 Å². The number of hydrogen-bond donors (Lipinski definition) is 1. The predicted molar refractivity (Wildman–Crippen MR) is 131 cm³/mol. The Balaban J connectivity index is 1.75. The topological polar surface area (TPSA) is 58.6 Å². The van der Waals surface area contributed by atoms with Gasteiger partial charge in [-0.05, 0) is 61.9 Å². The number of nitrogens with zero attached hydrogens (tertiary/aromatic N) is 1. The van der Waals surface area contributed by atoms with Crippen LogP contribution < -0.4 is 10.1 Å². The first-order chi connectivity index (χ1) is 15.4. The highest BCUT2D eigenvalue weighted by Gasteiger charge is 2.30. The number of ether oxygens (including phenoxy) is 1. The molecule has 172 valence electrons. The largest absolute Gasteiger partial charge is 0.484 e. The minimum absolute atomic E-state index is 0.0704. The molecule has 5 nitrogen and oxygen atoms in total. The number of hydrogen-bond acceptors (Lipinski definition) is 3. The maximum absolute atomic E-state index is 13.3. The molecular formula is C26H33BrN2O3.